The van der Waals surface area contributed by atoms with Crippen molar-refractivity contribution in [2.45, 2.75) is 6.42 Å². The molecule has 6 nitrogen and oxygen atoms in total. The number of rotatable bonds is 2. The van der Waals surface area contributed by atoms with Gasteiger partial charge in [0.25, 0.3) is 0 Å². The van der Waals surface area contributed by atoms with E-state index in [9.17, 15) is 0 Å². The molecule has 0 aromatic carbocycles. The Morgan fingerprint density at radius 2 is 0.769 bits per heavy atom. The van der Waals surface area contributed by atoms with Crippen molar-refractivity contribution in [1.82, 2.24) is 24.6 Å². The zero-order valence-corrected chi connectivity index (χ0v) is 13.4. The molecule has 0 fully saturated rings. The Bertz CT molecular complexity index is 31.4. The van der Waals surface area contributed by atoms with Crippen LogP contribution in [0, 0.1) is 0 Å². The molecule has 13 heavy (non-hydrogen) atoms. The van der Waals surface area contributed by atoms with Crippen molar-refractivity contribution in [2.75, 3.05) is 13.1 Å². The minimum atomic E-state index is 0. The van der Waals surface area contributed by atoms with Gasteiger partial charge in [0.1, 0.15) is 0 Å². The minimum absolute atomic E-state index is 0. The molecule has 0 rings (SSSR count). The Labute approximate surface area is 122 Å². The van der Waals surface area contributed by atoms with Crippen LogP contribution in [-0.2, 0) is 42.1 Å². The third-order valence-electron chi connectivity index (χ3n) is 0.354. The zero-order valence-electron chi connectivity index (χ0n) is 7.34. The van der Waals surface area contributed by atoms with Crippen LogP contribution in [-0.4, -0.2) is 13.1 Å². The van der Waals surface area contributed by atoms with Gasteiger partial charge in [-0.05, 0) is 0 Å². The summed E-state index contributed by atoms with van der Waals surface area (Å²) in [5.74, 6) is 0. The Balaban J connectivity index is -0.00000000286. The molecule has 14 N–H and O–H groups in total. The van der Waals surface area contributed by atoms with Gasteiger partial charge in [-0.1, -0.05) is 6.42 Å². The fraction of sp³-hybridized carbons (Fsp3) is 1.00. The summed E-state index contributed by atoms with van der Waals surface area (Å²) in [6, 6.07) is 0. The molecule has 0 aromatic rings. The molecule has 0 aliphatic heterocycles. The first-order valence-corrected chi connectivity index (χ1v) is 1.71. The molecule has 0 saturated heterocycles. The summed E-state index contributed by atoms with van der Waals surface area (Å²) in [7, 11) is 0. The topological polar surface area (TPSA) is 188 Å². The fourth-order valence-corrected chi connectivity index (χ4v) is 0.0884. The van der Waals surface area contributed by atoms with E-state index in [0.29, 0.717) is 13.1 Å². The number of halogens is 2. The van der Waals surface area contributed by atoms with Gasteiger partial charge in [0.2, 0.25) is 0 Å². The van der Waals surface area contributed by atoms with Gasteiger partial charge in [-0.2, -0.15) is 13.1 Å². The minimum Gasteiger partial charge on any atom is -1.00 e. The van der Waals surface area contributed by atoms with Crippen LogP contribution in [0.15, 0.2) is 0 Å². The van der Waals surface area contributed by atoms with Crippen LogP contribution in [0.25, 0.3) is 11.5 Å². The monoisotopic (exact) mass is 600 g/mol. The van der Waals surface area contributed by atoms with E-state index in [0.717, 1.165) is 6.42 Å². The Morgan fingerprint density at radius 1 is 0.615 bits per heavy atom. The van der Waals surface area contributed by atoms with E-state index < -0.39 is 0 Å². The summed E-state index contributed by atoms with van der Waals surface area (Å²) in [4.78, 5) is 0. The zero-order chi connectivity index (χ0) is 4.12. The predicted molar refractivity (Wildman–Crippen MR) is 43.1 cm³/mol. The SMILES string of the molecule is N.N.N.N.[Cl-].[Cl-].[NH-]CCC[NH-].[Pt+2].[Pt+2]. The van der Waals surface area contributed by atoms with Crippen molar-refractivity contribution < 1.29 is 66.9 Å². The standard InChI is InChI=1S/C3H8N2.2ClH.4H3N.2Pt/c4-2-1-3-5;;;;;;;;/h4-5H,1-3H2;2*1H;4*1H3;;/q-2;;;;;;;2*+2/p-2. The molecular weight excluding hydrogens is 581 g/mol. The number of nitrogens with one attached hydrogen (secondary N) is 2. The molecule has 0 bridgehead atoms. The normalized spacial score (nSPS) is 3.23. The average Bonchev–Trinajstić information content (AvgIpc) is 1.41. The third kappa shape index (κ3) is 136. The van der Waals surface area contributed by atoms with E-state index in [1.807, 2.05) is 0 Å². The smallest absolute Gasteiger partial charge is 1.00 e. The van der Waals surface area contributed by atoms with Gasteiger partial charge in [-0.3, -0.25) is 0 Å². The van der Waals surface area contributed by atoms with E-state index in [1.165, 1.54) is 0 Å². The molecule has 0 heterocycles. The van der Waals surface area contributed by atoms with E-state index in [-0.39, 0.29) is 91.5 Å². The molecule has 0 spiro atoms. The van der Waals surface area contributed by atoms with E-state index in [4.69, 9.17) is 11.5 Å². The molecule has 0 saturated carbocycles. The largest absolute Gasteiger partial charge is 2.00 e. The molecule has 0 aliphatic carbocycles. The summed E-state index contributed by atoms with van der Waals surface area (Å²) in [6.07, 6.45) is 0.722. The maximum Gasteiger partial charge on any atom is 2.00 e. The second-order valence-electron chi connectivity index (χ2n) is 0.854. The summed E-state index contributed by atoms with van der Waals surface area (Å²) in [5.41, 5.74) is 13.0. The van der Waals surface area contributed by atoms with Crippen molar-refractivity contribution in [2.24, 2.45) is 0 Å². The van der Waals surface area contributed by atoms with Crippen LogP contribution in [0.4, 0.5) is 0 Å². The molecule has 96 valence electrons. The second-order valence-corrected chi connectivity index (χ2v) is 0.854. The molecule has 0 aliphatic rings. The fourth-order valence-electron chi connectivity index (χ4n) is 0.0884. The molecular formula is C3H20Cl2N6Pt2. The molecule has 0 atom stereocenters. The van der Waals surface area contributed by atoms with Gasteiger partial charge >= 0.3 is 42.1 Å². The molecule has 10 heteroatoms. The molecule has 0 unspecified atom stereocenters. The summed E-state index contributed by atoms with van der Waals surface area (Å²) >= 11 is 0. The van der Waals surface area contributed by atoms with Crippen LogP contribution in [0.5, 0.6) is 0 Å². The molecule has 0 amide bonds. The van der Waals surface area contributed by atoms with Crippen LogP contribution >= 0.6 is 0 Å². The summed E-state index contributed by atoms with van der Waals surface area (Å²) in [5, 5.41) is 0. The van der Waals surface area contributed by atoms with Gasteiger partial charge in [0.15, 0.2) is 0 Å². The summed E-state index contributed by atoms with van der Waals surface area (Å²) in [6.45, 7) is 0.812. The van der Waals surface area contributed by atoms with Crippen LogP contribution in [0.1, 0.15) is 6.42 Å². The van der Waals surface area contributed by atoms with Crippen LogP contribution < -0.4 is 49.4 Å². The van der Waals surface area contributed by atoms with Gasteiger partial charge < -0.3 is 60.9 Å². The molecule has 0 aromatic heterocycles. The quantitative estimate of drug-likeness (QED) is 0.252. The Morgan fingerprint density at radius 3 is 0.769 bits per heavy atom. The van der Waals surface area contributed by atoms with Crippen molar-refractivity contribution >= 4 is 0 Å². The predicted octanol–water partition coefficient (Wildman–Crippen LogP) is -3.87. The number of hydrogen-bond acceptors (Lipinski definition) is 4. The van der Waals surface area contributed by atoms with Crippen molar-refractivity contribution in [3.8, 4) is 0 Å². The van der Waals surface area contributed by atoms with Crippen LogP contribution in [0.2, 0.25) is 0 Å². The van der Waals surface area contributed by atoms with Crippen molar-refractivity contribution in [1.29, 1.82) is 0 Å². The maximum absolute atomic E-state index is 6.48. The van der Waals surface area contributed by atoms with Crippen molar-refractivity contribution in [3.05, 3.63) is 11.5 Å². The average molecular weight is 601 g/mol. The van der Waals surface area contributed by atoms with Gasteiger partial charge in [-0.15, -0.1) is 0 Å². The number of hydrogen-bond donors (Lipinski definition) is 4. The third-order valence-corrected chi connectivity index (χ3v) is 0.354. The maximum atomic E-state index is 6.48. The van der Waals surface area contributed by atoms with E-state index in [1.54, 1.807) is 0 Å². The first-order valence-electron chi connectivity index (χ1n) is 1.71. The van der Waals surface area contributed by atoms with Gasteiger partial charge in [0, 0.05) is 0 Å². The van der Waals surface area contributed by atoms with E-state index >= 15 is 0 Å². The van der Waals surface area contributed by atoms with Gasteiger partial charge in [0.05, 0.1) is 0 Å². The second kappa shape index (κ2) is 99.7. The first kappa shape index (κ1) is 84.7. The van der Waals surface area contributed by atoms with E-state index in [2.05, 4.69) is 0 Å². The summed E-state index contributed by atoms with van der Waals surface area (Å²) < 4.78 is 0. The Kier molecular flexibility index (Phi) is 650. The Hall–Kier alpha value is 1.72. The first-order chi connectivity index (χ1) is 2.41. The van der Waals surface area contributed by atoms with Crippen LogP contribution in [0.3, 0.4) is 0 Å². The van der Waals surface area contributed by atoms with Gasteiger partial charge in [-0.25, -0.2) is 0 Å². The molecule has 0 radical (unpaired) electrons. The van der Waals surface area contributed by atoms with Crippen molar-refractivity contribution in [3.63, 3.8) is 0 Å².